The molecular formula is C23H22N4OS. The van der Waals surface area contributed by atoms with Gasteiger partial charge in [-0.25, -0.2) is 0 Å². The first kappa shape index (κ1) is 19.1. The highest BCUT2D eigenvalue weighted by Crippen LogP contribution is 2.28. The maximum atomic E-state index is 12.2. The molecule has 1 amide bonds. The van der Waals surface area contributed by atoms with E-state index in [2.05, 4.69) is 27.8 Å². The molecule has 0 radical (unpaired) electrons. The molecule has 0 saturated carbocycles. The number of carbonyl (C=O) groups excluding carboxylic acids is 1. The van der Waals surface area contributed by atoms with Crippen LogP contribution in [0.2, 0.25) is 0 Å². The molecule has 0 aliphatic heterocycles. The first-order valence-corrected chi connectivity index (χ1v) is 10.5. The molecule has 1 aromatic carbocycles. The summed E-state index contributed by atoms with van der Waals surface area (Å²) < 4.78 is 1.96. The average molecular weight is 403 g/mol. The van der Waals surface area contributed by atoms with E-state index < -0.39 is 0 Å². The van der Waals surface area contributed by atoms with E-state index in [1.165, 1.54) is 5.56 Å². The Balaban J connectivity index is 1.40. The topological polar surface area (TPSA) is 59.8 Å². The number of aromatic nitrogens is 3. The molecule has 6 heteroatoms. The van der Waals surface area contributed by atoms with Gasteiger partial charge < -0.3 is 5.32 Å². The number of benzene rings is 1. The molecule has 146 valence electrons. The maximum Gasteiger partial charge on any atom is 0.220 e. The lowest BCUT2D eigenvalue weighted by Crippen LogP contribution is -2.27. The van der Waals surface area contributed by atoms with Crippen molar-refractivity contribution in [2.24, 2.45) is 0 Å². The lowest BCUT2D eigenvalue weighted by Gasteiger charge is -2.08. The van der Waals surface area contributed by atoms with E-state index in [4.69, 9.17) is 5.10 Å². The zero-order valence-corrected chi connectivity index (χ0v) is 16.8. The molecule has 0 unspecified atom stereocenters. The summed E-state index contributed by atoms with van der Waals surface area (Å²) in [7, 11) is 0. The van der Waals surface area contributed by atoms with Crippen LogP contribution in [-0.4, -0.2) is 27.2 Å². The van der Waals surface area contributed by atoms with Crippen LogP contribution in [0.4, 0.5) is 0 Å². The molecule has 4 aromatic rings. The molecule has 0 spiro atoms. The van der Waals surface area contributed by atoms with Gasteiger partial charge in [0.1, 0.15) is 0 Å². The van der Waals surface area contributed by atoms with Crippen molar-refractivity contribution in [2.75, 3.05) is 6.54 Å². The fourth-order valence-electron chi connectivity index (χ4n) is 3.16. The van der Waals surface area contributed by atoms with Crippen molar-refractivity contribution in [1.29, 1.82) is 0 Å². The second-order valence-electron chi connectivity index (χ2n) is 6.69. The van der Waals surface area contributed by atoms with E-state index >= 15 is 0 Å². The minimum absolute atomic E-state index is 0.0613. The van der Waals surface area contributed by atoms with Crippen LogP contribution >= 0.6 is 11.3 Å². The molecule has 29 heavy (non-hydrogen) atoms. The normalized spacial score (nSPS) is 10.8. The van der Waals surface area contributed by atoms with Crippen molar-refractivity contribution in [2.45, 2.75) is 19.4 Å². The lowest BCUT2D eigenvalue weighted by molar-refractivity contribution is -0.121. The van der Waals surface area contributed by atoms with Crippen LogP contribution in [0.1, 0.15) is 12.0 Å². The molecule has 4 rings (SSSR count). The highest BCUT2D eigenvalue weighted by molar-refractivity contribution is 7.13. The molecule has 0 bridgehead atoms. The van der Waals surface area contributed by atoms with E-state index in [9.17, 15) is 4.79 Å². The molecule has 0 atom stereocenters. The van der Waals surface area contributed by atoms with Crippen molar-refractivity contribution in [3.8, 4) is 21.8 Å². The van der Waals surface area contributed by atoms with Gasteiger partial charge in [-0.3, -0.25) is 14.5 Å². The number of pyridine rings is 1. The molecule has 0 saturated heterocycles. The van der Waals surface area contributed by atoms with Crippen molar-refractivity contribution in [1.82, 2.24) is 20.1 Å². The minimum atomic E-state index is 0.0613. The first-order chi connectivity index (χ1) is 14.3. The molecule has 3 heterocycles. The Bertz CT molecular complexity index is 1040. The van der Waals surface area contributed by atoms with Gasteiger partial charge in [0.2, 0.25) is 5.91 Å². The number of hydrogen-bond donors (Lipinski definition) is 1. The van der Waals surface area contributed by atoms with Crippen LogP contribution < -0.4 is 5.32 Å². The summed E-state index contributed by atoms with van der Waals surface area (Å²) in [6.07, 6.45) is 4.81. The summed E-state index contributed by atoms with van der Waals surface area (Å²) in [6.45, 7) is 1.16. The zero-order valence-electron chi connectivity index (χ0n) is 16.0. The second-order valence-corrected chi connectivity index (χ2v) is 7.64. The van der Waals surface area contributed by atoms with Crippen LogP contribution in [0, 0.1) is 0 Å². The van der Waals surface area contributed by atoms with E-state index in [1.54, 1.807) is 17.5 Å². The summed E-state index contributed by atoms with van der Waals surface area (Å²) in [6, 6.07) is 20.2. The Hall–Kier alpha value is -3.25. The fourth-order valence-corrected chi connectivity index (χ4v) is 3.90. The van der Waals surface area contributed by atoms with Crippen molar-refractivity contribution >= 4 is 17.2 Å². The first-order valence-electron chi connectivity index (χ1n) is 9.62. The van der Waals surface area contributed by atoms with E-state index in [1.807, 2.05) is 59.4 Å². The third-order valence-corrected chi connectivity index (χ3v) is 5.53. The molecule has 0 aliphatic carbocycles. The number of aryl methyl sites for hydroxylation is 1. The number of amides is 1. The number of thiophene rings is 1. The van der Waals surface area contributed by atoms with Gasteiger partial charge in [-0.15, -0.1) is 11.3 Å². The largest absolute Gasteiger partial charge is 0.354 e. The van der Waals surface area contributed by atoms with Crippen molar-refractivity contribution in [3.63, 3.8) is 0 Å². The van der Waals surface area contributed by atoms with Gasteiger partial charge in [-0.2, -0.15) is 5.10 Å². The third kappa shape index (κ3) is 4.97. The van der Waals surface area contributed by atoms with Crippen LogP contribution in [-0.2, 0) is 17.8 Å². The van der Waals surface area contributed by atoms with Crippen molar-refractivity contribution < 1.29 is 4.79 Å². The van der Waals surface area contributed by atoms with Crippen LogP contribution in [0.3, 0.4) is 0 Å². The molecule has 1 N–H and O–H groups in total. The fraction of sp³-hybridized carbons (Fsp3) is 0.174. The molecule has 5 nitrogen and oxygen atoms in total. The number of carbonyl (C=O) groups is 1. The van der Waals surface area contributed by atoms with Gasteiger partial charge in [-0.1, -0.05) is 36.4 Å². The Morgan fingerprint density at radius 2 is 1.97 bits per heavy atom. The van der Waals surface area contributed by atoms with Gasteiger partial charge in [0.05, 0.1) is 22.8 Å². The van der Waals surface area contributed by atoms with Crippen LogP contribution in [0.25, 0.3) is 21.8 Å². The Morgan fingerprint density at radius 1 is 1.07 bits per heavy atom. The predicted molar refractivity (Wildman–Crippen MR) is 117 cm³/mol. The van der Waals surface area contributed by atoms with Crippen molar-refractivity contribution in [3.05, 3.63) is 84.0 Å². The van der Waals surface area contributed by atoms with Gasteiger partial charge in [0.15, 0.2) is 0 Å². The van der Waals surface area contributed by atoms with Crippen LogP contribution in [0.15, 0.2) is 78.4 Å². The summed E-state index contributed by atoms with van der Waals surface area (Å²) in [5.74, 6) is 0.0613. The highest BCUT2D eigenvalue weighted by atomic mass is 32.1. The summed E-state index contributed by atoms with van der Waals surface area (Å²) in [4.78, 5) is 17.5. The van der Waals surface area contributed by atoms with Gasteiger partial charge in [0, 0.05) is 30.9 Å². The Morgan fingerprint density at radius 3 is 2.72 bits per heavy atom. The quantitative estimate of drug-likeness (QED) is 0.474. The number of hydrogen-bond acceptors (Lipinski definition) is 4. The number of rotatable bonds is 8. The molecular weight excluding hydrogens is 380 g/mol. The average Bonchev–Trinajstić information content (AvgIpc) is 3.44. The van der Waals surface area contributed by atoms with Crippen LogP contribution in [0.5, 0.6) is 0 Å². The standard InChI is InChI=1S/C23H22N4OS/c28-23(11-10-18-6-2-1-3-7-18)25-13-14-27-21(22-9-5-15-29-22)16-20(26-27)19-8-4-12-24-17-19/h1-9,12,15-17H,10-11,13-14H2,(H,25,28). The highest BCUT2D eigenvalue weighted by Gasteiger charge is 2.12. The minimum Gasteiger partial charge on any atom is -0.354 e. The second kappa shape index (κ2) is 9.30. The monoisotopic (exact) mass is 402 g/mol. The SMILES string of the molecule is O=C(CCc1ccccc1)NCCn1nc(-c2cccnc2)cc1-c1cccs1. The Labute approximate surface area is 174 Å². The molecule has 0 fully saturated rings. The maximum absolute atomic E-state index is 12.2. The molecule has 3 aromatic heterocycles. The van der Waals surface area contributed by atoms with Gasteiger partial charge in [-0.05, 0) is 41.6 Å². The summed E-state index contributed by atoms with van der Waals surface area (Å²) in [5.41, 5.74) is 4.10. The Kier molecular flexibility index (Phi) is 6.12. The number of nitrogens with one attached hydrogen (secondary N) is 1. The predicted octanol–water partition coefficient (Wildman–Crippen LogP) is 4.42. The smallest absolute Gasteiger partial charge is 0.220 e. The summed E-state index contributed by atoms with van der Waals surface area (Å²) in [5, 5.41) is 9.83. The number of nitrogens with zero attached hydrogens (tertiary/aromatic N) is 3. The third-order valence-electron chi connectivity index (χ3n) is 4.64. The van der Waals surface area contributed by atoms with E-state index in [0.29, 0.717) is 19.5 Å². The molecule has 0 aliphatic rings. The summed E-state index contributed by atoms with van der Waals surface area (Å²) >= 11 is 1.68. The van der Waals surface area contributed by atoms with E-state index in [0.717, 1.165) is 28.2 Å². The van der Waals surface area contributed by atoms with E-state index in [-0.39, 0.29) is 5.91 Å². The zero-order chi connectivity index (χ0) is 19.9. The lowest BCUT2D eigenvalue weighted by atomic mass is 10.1. The van der Waals surface area contributed by atoms with Gasteiger partial charge >= 0.3 is 0 Å². The van der Waals surface area contributed by atoms with Gasteiger partial charge in [0.25, 0.3) is 0 Å².